The zero-order valence-electron chi connectivity index (χ0n) is 10.1. The molecule has 1 N–H and O–H groups in total. The minimum absolute atomic E-state index is 0.0495. The SMILES string of the molecule is C[C@H](O)c1ccccc1N(CC(F)(F)F)C1CC1. The smallest absolute Gasteiger partial charge is 0.389 e. The predicted molar refractivity (Wildman–Crippen MR) is 63.5 cm³/mol. The molecule has 5 heteroatoms. The average molecular weight is 259 g/mol. The van der Waals surface area contributed by atoms with E-state index in [0.717, 1.165) is 12.8 Å². The molecule has 1 atom stereocenters. The van der Waals surface area contributed by atoms with Crippen LogP contribution >= 0.6 is 0 Å². The van der Waals surface area contributed by atoms with Crippen molar-refractivity contribution in [1.82, 2.24) is 0 Å². The number of rotatable bonds is 4. The van der Waals surface area contributed by atoms with E-state index in [4.69, 9.17) is 0 Å². The molecule has 1 saturated carbocycles. The van der Waals surface area contributed by atoms with Crippen LogP contribution in [0, 0.1) is 0 Å². The molecule has 1 fully saturated rings. The summed E-state index contributed by atoms with van der Waals surface area (Å²) in [6.45, 7) is 0.610. The van der Waals surface area contributed by atoms with Crippen LogP contribution in [0.15, 0.2) is 24.3 Å². The van der Waals surface area contributed by atoms with Gasteiger partial charge in [0.2, 0.25) is 0 Å². The van der Waals surface area contributed by atoms with Crippen molar-refractivity contribution in [1.29, 1.82) is 0 Å². The number of benzene rings is 1. The van der Waals surface area contributed by atoms with E-state index >= 15 is 0 Å². The molecule has 0 bridgehead atoms. The summed E-state index contributed by atoms with van der Waals surface area (Å²) < 4.78 is 37.8. The summed E-state index contributed by atoms with van der Waals surface area (Å²) in [7, 11) is 0. The standard InChI is InChI=1S/C13H16F3NO/c1-9(18)11-4-2-3-5-12(11)17(10-6-7-10)8-13(14,15)16/h2-5,9-10,18H,6-8H2,1H3/t9-/m0/s1. The molecule has 0 saturated heterocycles. The second-order valence-electron chi connectivity index (χ2n) is 4.71. The molecule has 1 aromatic carbocycles. The number of para-hydroxylation sites is 1. The van der Waals surface area contributed by atoms with Gasteiger partial charge >= 0.3 is 6.18 Å². The molecule has 1 aromatic rings. The predicted octanol–water partition coefficient (Wildman–Crippen LogP) is 3.27. The molecular weight excluding hydrogens is 243 g/mol. The first kappa shape index (κ1) is 13.2. The van der Waals surface area contributed by atoms with E-state index in [1.165, 1.54) is 4.90 Å². The lowest BCUT2D eigenvalue weighted by atomic mass is 10.1. The van der Waals surface area contributed by atoms with Gasteiger partial charge in [0.05, 0.1) is 6.10 Å². The largest absolute Gasteiger partial charge is 0.405 e. The van der Waals surface area contributed by atoms with Crippen molar-refractivity contribution in [2.45, 2.75) is 38.1 Å². The van der Waals surface area contributed by atoms with Crippen LogP contribution in [0.1, 0.15) is 31.4 Å². The lowest BCUT2D eigenvalue weighted by Gasteiger charge is -2.28. The molecule has 0 aliphatic heterocycles. The van der Waals surface area contributed by atoms with E-state index in [9.17, 15) is 18.3 Å². The number of halogens is 3. The van der Waals surface area contributed by atoms with Crippen LogP contribution in [0.2, 0.25) is 0 Å². The number of aliphatic hydroxyl groups is 1. The minimum atomic E-state index is -4.23. The van der Waals surface area contributed by atoms with Gasteiger partial charge in [-0.05, 0) is 25.8 Å². The van der Waals surface area contributed by atoms with Gasteiger partial charge < -0.3 is 10.0 Å². The molecule has 0 spiro atoms. The van der Waals surface area contributed by atoms with Gasteiger partial charge in [0.25, 0.3) is 0 Å². The highest BCUT2D eigenvalue weighted by Crippen LogP contribution is 2.37. The summed E-state index contributed by atoms with van der Waals surface area (Å²) >= 11 is 0. The van der Waals surface area contributed by atoms with Gasteiger partial charge in [-0.15, -0.1) is 0 Å². The highest BCUT2D eigenvalue weighted by Gasteiger charge is 2.39. The second kappa shape index (κ2) is 4.80. The van der Waals surface area contributed by atoms with E-state index in [1.54, 1.807) is 31.2 Å². The van der Waals surface area contributed by atoms with E-state index in [-0.39, 0.29) is 6.04 Å². The third-order valence-electron chi connectivity index (χ3n) is 3.03. The van der Waals surface area contributed by atoms with Crippen molar-refractivity contribution < 1.29 is 18.3 Å². The van der Waals surface area contributed by atoms with E-state index < -0.39 is 18.8 Å². The van der Waals surface area contributed by atoms with Crippen LogP contribution in [0.25, 0.3) is 0 Å². The third-order valence-corrected chi connectivity index (χ3v) is 3.03. The highest BCUT2D eigenvalue weighted by molar-refractivity contribution is 5.56. The van der Waals surface area contributed by atoms with Gasteiger partial charge in [0.15, 0.2) is 0 Å². The van der Waals surface area contributed by atoms with Crippen molar-refractivity contribution in [3.8, 4) is 0 Å². The molecule has 2 nitrogen and oxygen atoms in total. The molecule has 0 unspecified atom stereocenters. The van der Waals surface area contributed by atoms with E-state index in [2.05, 4.69) is 0 Å². The van der Waals surface area contributed by atoms with Crippen molar-refractivity contribution in [3.63, 3.8) is 0 Å². The number of alkyl halides is 3. The molecule has 2 rings (SSSR count). The fourth-order valence-electron chi connectivity index (χ4n) is 2.09. The highest BCUT2D eigenvalue weighted by atomic mass is 19.4. The molecule has 0 heterocycles. The Labute approximate surface area is 104 Å². The zero-order valence-corrected chi connectivity index (χ0v) is 10.1. The summed E-state index contributed by atoms with van der Waals surface area (Å²) in [5, 5.41) is 9.65. The van der Waals surface area contributed by atoms with Gasteiger partial charge in [-0.1, -0.05) is 18.2 Å². The monoisotopic (exact) mass is 259 g/mol. The number of aliphatic hydroxyl groups excluding tert-OH is 1. The summed E-state index contributed by atoms with van der Waals surface area (Å²) in [6, 6.07) is 6.70. The summed E-state index contributed by atoms with van der Waals surface area (Å²) in [5.41, 5.74) is 1.04. The number of hydrogen-bond donors (Lipinski definition) is 1. The first-order chi connectivity index (χ1) is 8.38. The van der Waals surface area contributed by atoms with Crippen LogP contribution in [0.3, 0.4) is 0 Å². The summed E-state index contributed by atoms with van der Waals surface area (Å²) in [5.74, 6) is 0. The van der Waals surface area contributed by atoms with E-state index in [1.807, 2.05) is 0 Å². The molecule has 0 aromatic heterocycles. The first-order valence-electron chi connectivity index (χ1n) is 5.99. The molecule has 0 radical (unpaired) electrons. The molecule has 1 aliphatic rings. The Kier molecular flexibility index (Phi) is 3.52. The quantitative estimate of drug-likeness (QED) is 0.897. The van der Waals surface area contributed by atoms with Gasteiger partial charge in [-0.25, -0.2) is 0 Å². The summed E-state index contributed by atoms with van der Waals surface area (Å²) in [6.07, 6.45) is -3.43. The van der Waals surface area contributed by atoms with Crippen molar-refractivity contribution in [3.05, 3.63) is 29.8 Å². The molecular formula is C13H16F3NO. The van der Waals surface area contributed by atoms with Gasteiger partial charge in [0, 0.05) is 17.3 Å². The Morgan fingerprint density at radius 2 is 1.94 bits per heavy atom. The molecule has 0 amide bonds. The third kappa shape index (κ3) is 3.16. The van der Waals surface area contributed by atoms with Crippen LogP contribution in [0.5, 0.6) is 0 Å². The van der Waals surface area contributed by atoms with Gasteiger partial charge in [0.1, 0.15) is 6.54 Å². The zero-order chi connectivity index (χ0) is 13.3. The maximum Gasteiger partial charge on any atom is 0.405 e. The number of nitrogens with zero attached hydrogens (tertiary/aromatic N) is 1. The first-order valence-corrected chi connectivity index (χ1v) is 5.99. The summed E-state index contributed by atoms with van der Waals surface area (Å²) in [4.78, 5) is 1.36. The Bertz CT molecular complexity index is 413. The number of anilines is 1. The van der Waals surface area contributed by atoms with Crippen molar-refractivity contribution >= 4 is 5.69 Å². The van der Waals surface area contributed by atoms with Crippen LogP contribution in [-0.4, -0.2) is 23.9 Å². The van der Waals surface area contributed by atoms with E-state index in [0.29, 0.717) is 11.3 Å². The topological polar surface area (TPSA) is 23.5 Å². The fraction of sp³-hybridized carbons (Fsp3) is 0.538. The van der Waals surface area contributed by atoms with Crippen LogP contribution in [-0.2, 0) is 0 Å². The van der Waals surface area contributed by atoms with Crippen molar-refractivity contribution in [2.75, 3.05) is 11.4 Å². The van der Waals surface area contributed by atoms with Gasteiger partial charge in [-0.2, -0.15) is 13.2 Å². The minimum Gasteiger partial charge on any atom is -0.389 e. The molecule has 100 valence electrons. The lowest BCUT2D eigenvalue weighted by molar-refractivity contribution is -0.120. The molecule has 1 aliphatic carbocycles. The van der Waals surface area contributed by atoms with Crippen molar-refractivity contribution in [2.24, 2.45) is 0 Å². The Morgan fingerprint density at radius 3 is 2.44 bits per heavy atom. The Morgan fingerprint density at radius 1 is 1.33 bits per heavy atom. The molecule has 18 heavy (non-hydrogen) atoms. The maximum absolute atomic E-state index is 12.6. The van der Waals surface area contributed by atoms with Crippen LogP contribution < -0.4 is 4.90 Å². The Hall–Kier alpha value is -1.23. The van der Waals surface area contributed by atoms with Gasteiger partial charge in [-0.3, -0.25) is 0 Å². The second-order valence-corrected chi connectivity index (χ2v) is 4.71. The Balaban J connectivity index is 2.31. The maximum atomic E-state index is 12.6. The average Bonchev–Trinajstić information content (AvgIpc) is 3.08. The number of hydrogen-bond acceptors (Lipinski definition) is 2. The lowest BCUT2D eigenvalue weighted by Crippen LogP contribution is -2.36. The fourth-order valence-corrected chi connectivity index (χ4v) is 2.09. The normalized spacial score (nSPS) is 17.6. The van der Waals surface area contributed by atoms with Crippen LogP contribution in [0.4, 0.5) is 18.9 Å².